The first-order valence-corrected chi connectivity index (χ1v) is 12.7. The second-order valence-electron chi connectivity index (χ2n) is 10.8. The van der Waals surface area contributed by atoms with E-state index in [4.69, 9.17) is 9.84 Å². The maximum Gasteiger partial charge on any atom is 0.327 e. The van der Waals surface area contributed by atoms with Gasteiger partial charge in [0.15, 0.2) is 11.4 Å². The molecule has 2 aromatic carbocycles. The van der Waals surface area contributed by atoms with Gasteiger partial charge in [0.25, 0.3) is 0 Å². The number of pyridine rings is 1. The van der Waals surface area contributed by atoms with E-state index in [0.717, 1.165) is 22.6 Å². The van der Waals surface area contributed by atoms with Gasteiger partial charge in [-0.05, 0) is 36.8 Å². The van der Waals surface area contributed by atoms with Gasteiger partial charge >= 0.3 is 5.69 Å². The molecule has 0 saturated heterocycles. The minimum Gasteiger partial charge on any atom is -0.455 e. The van der Waals surface area contributed by atoms with Gasteiger partial charge in [-0.25, -0.2) is 18.9 Å². The van der Waals surface area contributed by atoms with Gasteiger partial charge < -0.3 is 4.74 Å². The molecule has 5 rings (SSSR count). The molecule has 39 heavy (non-hydrogen) atoms. The summed E-state index contributed by atoms with van der Waals surface area (Å²) in [5.74, 6) is -0.0637. The fourth-order valence-electron chi connectivity index (χ4n) is 4.38. The monoisotopic (exact) mass is 527 g/mol. The molecule has 200 valence electrons. The van der Waals surface area contributed by atoms with E-state index < -0.39 is 5.82 Å². The Morgan fingerprint density at radius 2 is 1.79 bits per heavy atom. The second-order valence-corrected chi connectivity index (χ2v) is 10.8. The third kappa shape index (κ3) is 5.38. The van der Waals surface area contributed by atoms with Crippen molar-refractivity contribution in [1.29, 1.82) is 0 Å². The lowest BCUT2D eigenvalue weighted by molar-refractivity contribution is -0.117. The first-order chi connectivity index (χ1) is 18.5. The topological polar surface area (TPSA) is 94.8 Å². The molecule has 0 bridgehead atoms. The zero-order valence-electron chi connectivity index (χ0n) is 22.6. The van der Waals surface area contributed by atoms with Crippen molar-refractivity contribution in [2.45, 2.75) is 46.0 Å². The predicted molar refractivity (Wildman–Crippen MR) is 147 cm³/mol. The predicted octanol–water partition coefficient (Wildman–Crippen LogP) is 5.34. The van der Waals surface area contributed by atoms with Crippen LogP contribution in [0.1, 0.15) is 43.3 Å². The third-order valence-electron chi connectivity index (χ3n) is 6.60. The second kappa shape index (κ2) is 9.98. The molecule has 9 heteroatoms. The maximum atomic E-state index is 15.1. The van der Waals surface area contributed by atoms with Crippen LogP contribution in [-0.4, -0.2) is 30.1 Å². The Balaban J connectivity index is 1.35. The molecule has 0 spiro atoms. The molecular formula is C30H30FN5O3. The number of hydrogen-bond acceptors (Lipinski definition) is 5. The van der Waals surface area contributed by atoms with Crippen molar-refractivity contribution in [2.75, 3.05) is 0 Å². The molecule has 0 aliphatic heterocycles. The van der Waals surface area contributed by atoms with E-state index in [2.05, 4.69) is 30.7 Å². The lowest BCUT2D eigenvalue weighted by Crippen LogP contribution is -2.13. The van der Waals surface area contributed by atoms with Crippen molar-refractivity contribution in [3.8, 4) is 17.2 Å². The number of imidazole rings is 1. The van der Waals surface area contributed by atoms with Crippen LogP contribution < -0.4 is 10.4 Å². The highest BCUT2D eigenvalue weighted by Gasteiger charge is 2.22. The molecule has 5 aromatic rings. The van der Waals surface area contributed by atoms with E-state index in [-0.39, 0.29) is 41.0 Å². The summed E-state index contributed by atoms with van der Waals surface area (Å²) in [7, 11) is 1.60. The number of aromatic nitrogens is 5. The van der Waals surface area contributed by atoms with Crippen LogP contribution in [0.25, 0.3) is 16.9 Å². The van der Waals surface area contributed by atoms with E-state index in [0.29, 0.717) is 16.9 Å². The zero-order valence-corrected chi connectivity index (χ0v) is 22.6. The fourth-order valence-corrected chi connectivity index (χ4v) is 4.38. The number of aromatic amines is 1. The summed E-state index contributed by atoms with van der Waals surface area (Å²) in [6.07, 6.45) is 1.55. The molecule has 0 unspecified atom stereocenters. The summed E-state index contributed by atoms with van der Waals surface area (Å²) in [5.41, 5.74) is 4.25. The van der Waals surface area contributed by atoms with Crippen LogP contribution in [0.2, 0.25) is 0 Å². The Labute approximate surface area is 225 Å². The number of halogens is 1. The van der Waals surface area contributed by atoms with E-state index in [1.807, 2.05) is 37.3 Å². The van der Waals surface area contributed by atoms with Crippen LogP contribution in [-0.2, 0) is 30.1 Å². The Bertz CT molecular complexity index is 1740. The van der Waals surface area contributed by atoms with Crippen molar-refractivity contribution >= 4 is 16.9 Å². The normalized spacial score (nSPS) is 11.7. The summed E-state index contributed by atoms with van der Waals surface area (Å²) in [6, 6.07) is 15.9. The summed E-state index contributed by atoms with van der Waals surface area (Å²) in [5, 5.41) is 4.79. The first-order valence-electron chi connectivity index (χ1n) is 12.7. The number of nitrogens with zero attached hydrogens (tertiary/aromatic N) is 4. The number of benzene rings is 2. The average molecular weight is 528 g/mol. The third-order valence-corrected chi connectivity index (χ3v) is 6.60. The van der Waals surface area contributed by atoms with E-state index >= 15 is 4.39 Å². The summed E-state index contributed by atoms with van der Waals surface area (Å²) < 4.78 is 24.1. The van der Waals surface area contributed by atoms with Gasteiger partial charge in [-0.1, -0.05) is 44.5 Å². The Hall–Kier alpha value is -4.53. The highest BCUT2D eigenvalue weighted by Crippen LogP contribution is 2.29. The highest BCUT2D eigenvalue weighted by atomic mass is 19.1. The number of carbonyl (C=O) groups excluding carboxylic acids is 1. The number of ether oxygens (including phenoxy) is 1. The number of nitrogens with one attached hydrogen (secondary N) is 1. The molecule has 0 fully saturated rings. The minimum absolute atomic E-state index is 0.0676. The summed E-state index contributed by atoms with van der Waals surface area (Å²) >= 11 is 0. The van der Waals surface area contributed by atoms with Crippen LogP contribution in [0.3, 0.4) is 0 Å². The van der Waals surface area contributed by atoms with Crippen LogP contribution in [0, 0.1) is 12.7 Å². The number of hydrogen-bond donors (Lipinski definition) is 1. The molecule has 8 nitrogen and oxygen atoms in total. The van der Waals surface area contributed by atoms with Crippen LogP contribution >= 0.6 is 0 Å². The zero-order chi connectivity index (χ0) is 27.9. The van der Waals surface area contributed by atoms with Crippen molar-refractivity contribution in [2.24, 2.45) is 7.05 Å². The Morgan fingerprint density at radius 3 is 2.49 bits per heavy atom. The van der Waals surface area contributed by atoms with E-state index in [1.54, 1.807) is 29.9 Å². The van der Waals surface area contributed by atoms with Gasteiger partial charge in [0.1, 0.15) is 22.9 Å². The van der Waals surface area contributed by atoms with Gasteiger partial charge in [-0.2, -0.15) is 5.10 Å². The largest absolute Gasteiger partial charge is 0.455 e. The summed E-state index contributed by atoms with van der Waals surface area (Å²) in [4.78, 5) is 31.8. The number of aryl methyl sites for hydroxylation is 2. The molecule has 0 aliphatic carbocycles. The quantitative estimate of drug-likeness (QED) is 0.308. The summed E-state index contributed by atoms with van der Waals surface area (Å²) in [6.45, 7) is 8.24. The molecule has 3 heterocycles. The van der Waals surface area contributed by atoms with Crippen LogP contribution in [0.15, 0.2) is 65.6 Å². The number of fused-ring (bicyclic) bond motifs is 1. The average Bonchev–Trinajstić information content (AvgIpc) is 3.42. The van der Waals surface area contributed by atoms with E-state index in [9.17, 15) is 9.59 Å². The highest BCUT2D eigenvalue weighted by molar-refractivity contribution is 5.83. The van der Waals surface area contributed by atoms with Crippen LogP contribution in [0.5, 0.6) is 11.5 Å². The molecule has 3 aromatic heterocycles. The maximum absolute atomic E-state index is 15.1. The molecule has 0 radical (unpaired) electrons. The molecule has 0 saturated carbocycles. The molecule has 1 N–H and O–H groups in total. The molecule has 0 amide bonds. The Morgan fingerprint density at radius 1 is 1.05 bits per heavy atom. The fraction of sp³-hybridized carbons (Fsp3) is 0.267. The lowest BCUT2D eigenvalue weighted by Gasteiger charge is -2.14. The van der Waals surface area contributed by atoms with Crippen molar-refractivity contribution in [3.63, 3.8) is 0 Å². The number of H-pyrrole nitrogens is 1. The van der Waals surface area contributed by atoms with Gasteiger partial charge in [0.05, 0.1) is 17.1 Å². The number of carbonyl (C=O) groups is 1. The van der Waals surface area contributed by atoms with E-state index in [1.165, 1.54) is 16.8 Å². The van der Waals surface area contributed by atoms with Gasteiger partial charge in [0, 0.05) is 43.6 Å². The van der Waals surface area contributed by atoms with Crippen molar-refractivity contribution < 1.29 is 13.9 Å². The SMILES string of the molecule is Cc1ccc(-n2nc(C(C)(C)C)cc2CC(=O)Cc2ccc(Oc3ccnc4[nH]c(=O)n(C)c34)cc2F)cc1. The van der Waals surface area contributed by atoms with Crippen molar-refractivity contribution in [3.05, 3.63) is 99.6 Å². The smallest absolute Gasteiger partial charge is 0.327 e. The first kappa shape index (κ1) is 26.1. The molecular weight excluding hydrogens is 497 g/mol. The lowest BCUT2D eigenvalue weighted by atomic mass is 9.92. The van der Waals surface area contributed by atoms with Gasteiger partial charge in [0.2, 0.25) is 0 Å². The number of ketones is 1. The standard InChI is InChI=1S/C30H30FN5O3/c1-18-6-9-20(10-7-18)36-21(16-26(34-36)30(2,3)4)15-22(37)14-19-8-11-23(17-24(19)31)39-25-12-13-32-28-27(25)35(5)29(38)33-28/h6-13,16-17H,14-15H2,1-5H3,(H,32,33,38). The Kier molecular flexibility index (Phi) is 6.68. The number of rotatable bonds is 7. The number of Topliss-reactive ketones (excluding diaryl/α,β-unsaturated/α-hetero) is 1. The van der Waals surface area contributed by atoms with Gasteiger partial charge in [-0.3, -0.25) is 14.3 Å². The van der Waals surface area contributed by atoms with Crippen molar-refractivity contribution in [1.82, 2.24) is 24.3 Å². The molecule has 0 atom stereocenters. The molecule has 0 aliphatic rings. The minimum atomic E-state index is -0.545. The van der Waals surface area contributed by atoms with Gasteiger partial charge in [-0.15, -0.1) is 0 Å². The van der Waals surface area contributed by atoms with Crippen LogP contribution in [0.4, 0.5) is 4.39 Å².